The number of unbranched alkanes of at least 4 members (excludes halogenated alkanes) is 3. The van der Waals surface area contributed by atoms with Gasteiger partial charge in [-0.15, -0.1) is 0 Å². The number of benzene rings is 4. The molecule has 0 radical (unpaired) electrons. The fraction of sp³-hybridized carbons (Fsp3) is 0.214. The van der Waals surface area contributed by atoms with Crippen LogP contribution in [0.3, 0.4) is 0 Å². The molecule has 54 heavy (non-hydrogen) atoms. The van der Waals surface area contributed by atoms with Crippen LogP contribution in [0.25, 0.3) is 0 Å². The lowest BCUT2D eigenvalue weighted by Gasteiger charge is -2.09. The Labute approximate surface area is 312 Å². The summed E-state index contributed by atoms with van der Waals surface area (Å²) >= 11 is 0. The standard InChI is InChI=1S/C42H40O12/c1-3-38(43)50-27-8-6-5-7-26-48-33-16-10-30(11-17-33)40(45)52-35-20-14-32(15-21-35)42(47)54-37-24-22-36(23-25-37)53-41(46)31-12-18-34(19-13-31)49-28-9-29-51-39(44)4-2/h3-4,10-25H,1-2,5-9,26-29H2. The van der Waals surface area contributed by atoms with Gasteiger partial charge in [0.2, 0.25) is 0 Å². The van der Waals surface area contributed by atoms with Gasteiger partial charge in [-0.3, -0.25) is 0 Å². The van der Waals surface area contributed by atoms with Crippen LogP contribution in [0.4, 0.5) is 0 Å². The molecule has 0 aliphatic rings. The van der Waals surface area contributed by atoms with Crippen molar-refractivity contribution in [3.05, 3.63) is 139 Å². The first-order chi connectivity index (χ1) is 26.2. The van der Waals surface area contributed by atoms with Crippen molar-refractivity contribution < 1.29 is 57.1 Å². The van der Waals surface area contributed by atoms with Gasteiger partial charge in [-0.2, -0.15) is 0 Å². The topological polar surface area (TPSA) is 150 Å². The molecular weight excluding hydrogens is 696 g/mol. The Morgan fingerprint density at radius 1 is 0.389 bits per heavy atom. The van der Waals surface area contributed by atoms with E-state index in [4.69, 9.17) is 33.2 Å². The second-order valence-corrected chi connectivity index (χ2v) is 11.4. The van der Waals surface area contributed by atoms with Gasteiger partial charge in [0.1, 0.15) is 28.7 Å². The molecule has 0 aliphatic carbocycles. The molecule has 0 heterocycles. The number of ether oxygens (including phenoxy) is 7. The molecule has 0 unspecified atom stereocenters. The summed E-state index contributed by atoms with van der Waals surface area (Å²) in [5.41, 5.74) is 0.860. The largest absolute Gasteiger partial charge is 0.494 e. The summed E-state index contributed by atoms with van der Waals surface area (Å²) in [5, 5.41) is 0. The van der Waals surface area contributed by atoms with E-state index in [1.165, 1.54) is 48.5 Å². The molecule has 12 heteroatoms. The van der Waals surface area contributed by atoms with Crippen LogP contribution in [0.2, 0.25) is 0 Å². The highest BCUT2D eigenvalue weighted by Gasteiger charge is 2.14. The summed E-state index contributed by atoms with van der Waals surface area (Å²) in [6.45, 7) is 8.10. The maximum atomic E-state index is 12.7. The zero-order valence-electron chi connectivity index (χ0n) is 29.6. The molecule has 0 fully saturated rings. The number of carbonyl (C=O) groups excluding carboxylic acids is 5. The van der Waals surface area contributed by atoms with Crippen LogP contribution in [-0.2, 0) is 19.1 Å². The molecule has 0 aromatic heterocycles. The third-order valence-corrected chi connectivity index (χ3v) is 7.41. The van der Waals surface area contributed by atoms with Gasteiger partial charge in [0, 0.05) is 18.6 Å². The first-order valence-electron chi connectivity index (χ1n) is 17.1. The quantitative estimate of drug-likeness (QED) is 0.0361. The molecule has 0 atom stereocenters. The van der Waals surface area contributed by atoms with Crippen LogP contribution in [0, 0.1) is 0 Å². The van der Waals surface area contributed by atoms with Crippen molar-refractivity contribution in [3.8, 4) is 28.7 Å². The number of rotatable bonds is 21. The van der Waals surface area contributed by atoms with Crippen molar-refractivity contribution in [1.82, 2.24) is 0 Å². The van der Waals surface area contributed by atoms with Crippen molar-refractivity contribution in [1.29, 1.82) is 0 Å². The van der Waals surface area contributed by atoms with Crippen LogP contribution in [0.1, 0.15) is 63.2 Å². The van der Waals surface area contributed by atoms with E-state index in [1.54, 1.807) is 48.5 Å². The number of esters is 5. The molecule has 0 saturated heterocycles. The summed E-state index contributed by atoms with van der Waals surface area (Å²) < 4.78 is 37.4. The van der Waals surface area contributed by atoms with Crippen LogP contribution in [-0.4, -0.2) is 56.3 Å². The zero-order chi connectivity index (χ0) is 38.5. The van der Waals surface area contributed by atoms with E-state index in [-0.39, 0.29) is 29.4 Å². The second-order valence-electron chi connectivity index (χ2n) is 11.4. The maximum Gasteiger partial charge on any atom is 0.343 e. The molecule has 280 valence electrons. The summed E-state index contributed by atoms with van der Waals surface area (Å²) in [5.74, 6) is -0.819. The van der Waals surface area contributed by atoms with E-state index in [2.05, 4.69) is 13.2 Å². The van der Waals surface area contributed by atoms with E-state index in [0.29, 0.717) is 48.9 Å². The zero-order valence-corrected chi connectivity index (χ0v) is 29.6. The fourth-order valence-corrected chi connectivity index (χ4v) is 4.57. The van der Waals surface area contributed by atoms with Crippen molar-refractivity contribution in [2.24, 2.45) is 0 Å². The summed E-state index contributed by atoms with van der Waals surface area (Å²) in [4.78, 5) is 60.0. The van der Waals surface area contributed by atoms with E-state index >= 15 is 0 Å². The van der Waals surface area contributed by atoms with Crippen LogP contribution >= 0.6 is 0 Å². The summed E-state index contributed by atoms with van der Waals surface area (Å²) in [6.07, 6.45) is 6.19. The highest BCUT2D eigenvalue weighted by molar-refractivity contribution is 5.93. The van der Waals surface area contributed by atoms with E-state index in [0.717, 1.165) is 37.8 Å². The van der Waals surface area contributed by atoms with Gasteiger partial charge in [-0.25, -0.2) is 24.0 Å². The van der Waals surface area contributed by atoms with Crippen molar-refractivity contribution >= 4 is 29.8 Å². The molecule has 0 amide bonds. The average Bonchev–Trinajstić information content (AvgIpc) is 3.19. The van der Waals surface area contributed by atoms with Gasteiger partial charge < -0.3 is 33.2 Å². The average molecular weight is 737 g/mol. The van der Waals surface area contributed by atoms with Gasteiger partial charge >= 0.3 is 29.8 Å². The van der Waals surface area contributed by atoms with Crippen molar-refractivity contribution in [2.45, 2.75) is 32.1 Å². The molecule has 0 bridgehead atoms. The molecule has 0 saturated carbocycles. The molecule has 4 aromatic rings. The second kappa shape index (κ2) is 21.6. The molecular formula is C42H40O12. The minimum Gasteiger partial charge on any atom is -0.494 e. The van der Waals surface area contributed by atoms with Gasteiger partial charge in [0.25, 0.3) is 0 Å². The number of hydrogen-bond acceptors (Lipinski definition) is 12. The Hall–Kier alpha value is -6.69. The fourth-order valence-electron chi connectivity index (χ4n) is 4.57. The van der Waals surface area contributed by atoms with E-state index < -0.39 is 29.8 Å². The Balaban J connectivity index is 1.15. The minimum atomic E-state index is -0.637. The minimum absolute atomic E-state index is 0.207. The first kappa shape index (κ1) is 40.1. The smallest absolute Gasteiger partial charge is 0.343 e. The Morgan fingerprint density at radius 3 is 1.06 bits per heavy atom. The molecule has 4 aromatic carbocycles. The highest BCUT2D eigenvalue weighted by atomic mass is 16.6. The SMILES string of the molecule is C=CC(=O)OCCCCCCOc1ccc(C(=O)Oc2ccc(C(=O)Oc3ccc(OC(=O)c4ccc(OCCCOC(=O)C=C)cc4)cc3)cc2)cc1. The predicted octanol–water partition coefficient (Wildman–Crippen LogP) is 7.51. The monoisotopic (exact) mass is 736 g/mol. The Bertz CT molecular complexity index is 1860. The molecule has 0 N–H and O–H groups in total. The van der Waals surface area contributed by atoms with Gasteiger partial charge in [0.15, 0.2) is 0 Å². The lowest BCUT2D eigenvalue weighted by molar-refractivity contribution is -0.138. The van der Waals surface area contributed by atoms with Crippen molar-refractivity contribution in [3.63, 3.8) is 0 Å². The normalized spacial score (nSPS) is 10.3. The van der Waals surface area contributed by atoms with E-state index in [1.807, 2.05) is 0 Å². The lowest BCUT2D eigenvalue weighted by atomic mass is 10.2. The Kier molecular flexibility index (Phi) is 16.1. The molecule has 4 rings (SSSR count). The molecule has 12 nitrogen and oxygen atoms in total. The van der Waals surface area contributed by atoms with Gasteiger partial charge in [0.05, 0.1) is 43.1 Å². The molecule has 0 spiro atoms. The van der Waals surface area contributed by atoms with Crippen LogP contribution < -0.4 is 23.7 Å². The van der Waals surface area contributed by atoms with Gasteiger partial charge in [-0.1, -0.05) is 13.2 Å². The lowest BCUT2D eigenvalue weighted by Crippen LogP contribution is -2.11. The highest BCUT2D eigenvalue weighted by Crippen LogP contribution is 2.22. The number of hydrogen-bond donors (Lipinski definition) is 0. The summed E-state index contributed by atoms with van der Waals surface area (Å²) in [7, 11) is 0. The first-order valence-corrected chi connectivity index (χ1v) is 17.1. The summed E-state index contributed by atoms with van der Waals surface area (Å²) in [6, 6.07) is 24.9. The number of carbonyl (C=O) groups is 5. The van der Waals surface area contributed by atoms with E-state index in [9.17, 15) is 24.0 Å². The van der Waals surface area contributed by atoms with Crippen LogP contribution in [0.15, 0.2) is 122 Å². The predicted molar refractivity (Wildman–Crippen MR) is 197 cm³/mol. The van der Waals surface area contributed by atoms with Crippen LogP contribution in [0.5, 0.6) is 28.7 Å². The molecule has 0 aliphatic heterocycles. The maximum absolute atomic E-state index is 12.7. The Morgan fingerprint density at radius 2 is 0.685 bits per heavy atom. The van der Waals surface area contributed by atoms with Crippen molar-refractivity contribution in [2.75, 3.05) is 26.4 Å². The third-order valence-electron chi connectivity index (χ3n) is 7.41. The van der Waals surface area contributed by atoms with Gasteiger partial charge in [-0.05, 0) is 123 Å². The third kappa shape index (κ3) is 13.8.